The molecule has 0 atom stereocenters. The van der Waals surface area contributed by atoms with E-state index in [-0.39, 0.29) is 18.9 Å². The number of nitrogens with zero attached hydrogens (tertiary/aromatic N) is 1. The van der Waals surface area contributed by atoms with Gasteiger partial charge in [0.15, 0.2) is 5.75 Å². The van der Waals surface area contributed by atoms with Crippen molar-refractivity contribution in [2.24, 2.45) is 0 Å². The summed E-state index contributed by atoms with van der Waals surface area (Å²) in [6.07, 6.45) is 1.55. The molecule has 1 amide bonds. The van der Waals surface area contributed by atoms with Crippen LogP contribution in [0.2, 0.25) is 5.02 Å². The molecular formula is C24H25ClN2O5S. The fraction of sp³-hybridized carbons (Fsp3) is 0.208. The molecule has 0 bridgehead atoms. The molecule has 0 spiro atoms. The van der Waals surface area contributed by atoms with Gasteiger partial charge in [0.25, 0.3) is 0 Å². The predicted octanol–water partition coefficient (Wildman–Crippen LogP) is 5.33. The lowest BCUT2D eigenvalue weighted by molar-refractivity contribution is -0.116. The van der Waals surface area contributed by atoms with Crippen LogP contribution in [0.5, 0.6) is 17.2 Å². The van der Waals surface area contributed by atoms with Gasteiger partial charge in [-0.3, -0.25) is 9.10 Å². The van der Waals surface area contributed by atoms with Gasteiger partial charge in [0.2, 0.25) is 15.9 Å². The average molecular weight is 489 g/mol. The first-order valence-corrected chi connectivity index (χ1v) is 12.4. The third-order valence-corrected chi connectivity index (χ3v) is 6.12. The largest absolute Gasteiger partial charge is 0.497 e. The molecule has 3 aromatic carbocycles. The molecule has 174 valence electrons. The Balaban J connectivity index is 1.65. The highest BCUT2D eigenvalue weighted by Gasteiger charge is 2.18. The van der Waals surface area contributed by atoms with Crippen LogP contribution in [0.15, 0.2) is 72.8 Å². The quantitative estimate of drug-likeness (QED) is 0.417. The lowest BCUT2D eigenvalue weighted by Gasteiger charge is -2.22. The summed E-state index contributed by atoms with van der Waals surface area (Å²) in [5, 5.41) is 3.26. The minimum Gasteiger partial charge on any atom is -0.497 e. The molecule has 0 aliphatic carbocycles. The topological polar surface area (TPSA) is 84.9 Å². The van der Waals surface area contributed by atoms with Crippen molar-refractivity contribution in [3.63, 3.8) is 0 Å². The van der Waals surface area contributed by atoms with Crippen LogP contribution < -0.4 is 19.1 Å². The summed E-state index contributed by atoms with van der Waals surface area (Å²) in [4.78, 5) is 12.6. The van der Waals surface area contributed by atoms with Crippen LogP contribution in [0.4, 0.5) is 11.4 Å². The molecule has 0 aliphatic heterocycles. The average Bonchev–Trinajstić information content (AvgIpc) is 2.78. The Morgan fingerprint density at radius 2 is 1.73 bits per heavy atom. The Kier molecular flexibility index (Phi) is 8.19. The maximum absolute atomic E-state index is 12.6. The van der Waals surface area contributed by atoms with Crippen molar-refractivity contribution < 1.29 is 22.7 Å². The Morgan fingerprint density at radius 1 is 1.00 bits per heavy atom. The number of anilines is 2. The Morgan fingerprint density at radius 3 is 2.42 bits per heavy atom. The second-order valence-electron chi connectivity index (χ2n) is 7.24. The lowest BCUT2D eigenvalue weighted by Crippen LogP contribution is -2.31. The Labute approximate surface area is 198 Å². The van der Waals surface area contributed by atoms with Gasteiger partial charge in [-0.1, -0.05) is 35.9 Å². The van der Waals surface area contributed by atoms with Gasteiger partial charge < -0.3 is 14.8 Å². The molecule has 3 aromatic rings. The molecule has 0 fully saturated rings. The van der Waals surface area contributed by atoms with Gasteiger partial charge in [-0.05, 0) is 48.9 Å². The summed E-state index contributed by atoms with van der Waals surface area (Å²) in [5.74, 6) is 1.34. The number of methoxy groups -OCH3 is 1. The van der Waals surface area contributed by atoms with Crippen molar-refractivity contribution in [3.05, 3.63) is 77.8 Å². The third kappa shape index (κ3) is 7.13. The summed E-state index contributed by atoms with van der Waals surface area (Å²) < 4.78 is 36.9. The first-order valence-electron chi connectivity index (χ1n) is 10.2. The molecule has 1 N–H and O–H groups in total. The SMILES string of the molecule is COc1cccc(N(CCCC(=O)Nc2cc(Cl)ccc2Oc2ccccc2)S(C)(=O)=O)c1. The molecule has 33 heavy (non-hydrogen) atoms. The number of hydrogen-bond acceptors (Lipinski definition) is 5. The number of carbonyl (C=O) groups is 1. The normalized spacial score (nSPS) is 11.0. The predicted molar refractivity (Wildman–Crippen MR) is 131 cm³/mol. The van der Waals surface area contributed by atoms with Crippen LogP contribution in [0.25, 0.3) is 0 Å². The molecule has 0 aromatic heterocycles. The standard InChI is InChI=1S/C24H25ClN2O5S/c1-31-21-11-6-8-19(17-21)27(33(2,29)30)15-7-12-24(28)26-22-16-18(25)13-14-23(22)32-20-9-4-3-5-10-20/h3-6,8-11,13-14,16-17H,7,12,15H2,1-2H3,(H,26,28). The van der Waals surface area contributed by atoms with Gasteiger partial charge in [0.1, 0.15) is 11.5 Å². The van der Waals surface area contributed by atoms with Crippen LogP contribution in [-0.4, -0.2) is 34.2 Å². The number of rotatable bonds is 10. The summed E-state index contributed by atoms with van der Waals surface area (Å²) in [6, 6.07) is 20.9. The van der Waals surface area contributed by atoms with E-state index in [1.54, 1.807) is 54.6 Å². The van der Waals surface area contributed by atoms with E-state index in [0.717, 1.165) is 6.26 Å². The van der Waals surface area contributed by atoms with Crippen molar-refractivity contribution in [1.29, 1.82) is 0 Å². The maximum atomic E-state index is 12.6. The van der Waals surface area contributed by atoms with Gasteiger partial charge in [0, 0.05) is 24.1 Å². The minimum absolute atomic E-state index is 0.104. The Bertz CT molecular complexity index is 1200. The number of benzene rings is 3. The Hall–Kier alpha value is -3.23. The highest BCUT2D eigenvalue weighted by atomic mass is 35.5. The zero-order valence-electron chi connectivity index (χ0n) is 18.3. The molecule has 0 saturated carbocycles. The number of nitrogens with one attached hydrogen (secondary N) is 1. The van der Waals surface area contributed by atoms with E-state index in [1.165, 1.54) is 11.4 Å². The summed E-state index contributed by atoms with van der Waals surface area (Å²) in [5.41, 5.74) is 0.912. The van der Waals surface area contributed by atoms with Crippen LogP contribution in [-0.2, 0) is 14.8 Å². The van der Waals surface area contributed by atoms with Gasteiger partial charge in [-0.25, -0.2) is 8.42 Å². The zero-order chi connectivity index (χ0) is 23.8. The number of para-hydroxylation sites is 1. The minimum atomic E-state index is -3.54. The number of hydrogen-bond donors (Lipinski definition) is 1. The van der Waals surface area contributed by atoms with E-state index < -0.39 is 10.0 Å². The van der Waals surface area contributed by atoms with E-state index in [0.29, 0.717) is 40.1 Å². The third-order valence-electron chi connectivity index (χ3n) is 4.69. The molecule has 0 saturated heterocycles. The van der Waals surface area contributed by atoms with E-state index >= 15 is 0 Å². The number of sulfonamides is 1. The van der Waals surface area contributed by atoms with Crippen molar-refractivity contribution in [2.75, 3.05) is 29.5 Å². The first kappa shape index (κ1) is 24.4. The van der Waals surface area contributed by atoms with Gasteiger partial charge in [-0.2, -0.15) is 0 Å². The van der Waals surface area contributed by atoms with E-state index in [2.05, 4.69) is 5.32 Å². The van der Waals surface area contributed by atoms with Crippen molar-refractivity contribution >= 4 is 38.9 Å². The number of ether oxygens (including phenoxy) is 2. The van der Waals surface area contributed by atoms with E-state index in [1.807, 2.05) is 18.2 Å². The zero-order valence-corrected chi connectivity index (χ0v) is 19.9. The molecule has 7 nitrogen and oxygen atoms in total. The van der Waals surface area contributed by atoms with E-state index in [9.17, 15) is 13.2 Å². The molecule has 0 aliphatic rings. The summed E-state index contributed by atoms with van der Waals surface area (Å²) >= 11 is 6.10. The highest BCUT2D eigenvalue weighted by molar-refractivity contribution is 7.92. The van der Waals surface area contributed by atoms with Crippen LogP contribution in [0.1, 0.15) is 12.8 Å². The number of halogens is 1. The molecule has 3 rings (SSSR count). The number of carbonyl (C=O) groups excluding carboxylic acids is 1. The summed E-state index contributed by atoms with van der Waals surface area (Å²) in [7, 11) is -2.02. The molecule has 0 radical (unpaired) electrons. The lowest BCUT2D eigenvalue weighted by atomic mass is 10.2. The second kappa shape index (κ2) is 11.1. The van der Waals surface area contributed by atoms with Gasteiger partial charge in [-0.15, -0.1) is 0 Å². The van der Waals surface area contributed by atoms with Crippen LogP contribution in [0.3, 0.4) is 0 Å². The smallest absolute Gasteiger partial charge is 0.232 e. The number of amides is 1. The van der Waals surface area contributed by atoms with Gasteiger partial charge >= 0.3 is 0 Å². The van der Waals surface area contributed by atoms with E-state index in [4.69, 9.17) is 21.1 Å². The molecular weight excluding hydrogens is 464 g/mol. The van der Waals surface area contributed by atoms with Gasteiger partial charge in [0.05, 0.1) is 24.7 Å². The fourth-order valence-electron chi connectivity index (χ4n) is 3.15. The van der Waals surface area contributed by atoms with Crippen molar-refractivity contribution in [3.8, 4) is 17.2 Å². The molecule has 9 heteroatoms. The molecule has 0 unspecified atom stereocenters. The second-order valence-corrected chi connectivity index (χ2v) is 9.59. The summed E-state index contributed by atoms with van der Waals surface area (Å²) in [6.45, 7) is 0.141. The molecule has 0 heterocycles. The highest BCUT2D eigenvalue weighted by Crippen LogP contribution is 2.32. The monoisotopic (exact) mass is 488 g/mol. The van der Waals surface area contributed by atoms with Crippen molar-refractivity contribution in [2.45, 2.75) is 12.8 Å². The van der Waals surface area contributed by atoms with Crippen molar-refractivity contribution in [1.82, 2.24) is 0 Å². The first-order chi connectivity index (χ1) is 15.8. The van der Waals surface area contributed by atoms with Crippen LogP contribution >= 0.6 is 11.6 Å². The maximum Gasteiger partial charge on any atom is 0.232 e. The van der Waals surface area contributed by atoms with Crippen LogP contribution in [0, 0.1) is 0 Å². The fourth-order valence-corrected chi connectivity index (χ4v) is 4.28.